The molecule has 1 aromatic heterocycles. The predicted molar refractivity (Wildman–Crippen MR) is 109 cm³/mol. The summed E-state index contributed by atoms with van der Waals surface area (Å²) in [5.74, 6) is 2.57. The lowest BCUT2D eigenvalue weighted by atomic mass is 10.1. The van der Waals surface area contributed by atoms with Crippen molar-refractivity contribution in [3.63, 3.8) is 0 Å². The number of ether oxygens (including phenoxy) is 1. The van der Waals surface area contributed by atoms with E-state index in [0.717, 1.165) is 68.3 Å². The number of nitrogens with one attached hydrogen (secondary N) is 3. The number of aryl methyl sites for hydroxylation is 1. The van der Waals surface area contributed by atoms with Gasteiger partial charge in [-0.1, -0.05) is 26.0 Å². The van der Waals surface area contributed by atoms with Crippen molar-refractivity contribution < 1.29 is 4.74 Å². The van der Waals surface area contributed by atoms with E-state index >= 15 is 0 Å². The number of benzene rings is 1. The molecule has 0 aliphatic rings. The summed E-state index contributed by atoms with van der Waals surface area (Å²) < 4.78 is 5.63. The summed E-state index contributed by atoms with van der Waals surface area (Å²) in [6.45, 7) is 10.4. The van der Waals surface area contributed by atoms with E-state index in [-0.39, 0.29) is 0 Å². The minimum Gasteiger partial charge on any atom is -0.380 e. The molecule has 0 spiro atoms. The van der Waals surface area contributed by atoms with Crippen LogP contribution in [0.25, 0.3) is 11.0 Å². The first kappa shape index (κ1) is 20.2. The van der Waals surface area contributed by atoms with Gasteiger partial charge in [0.25, 0.3) is 0 Å². The van der Waals surface area contributed by atoms with Gasteiger partial charge in [0.05, 0.1) is 17.6 Å². The molecular formula is C20H33N5O. The molecule has 1 aromatic carbocycles. The van der Waals surface area contributed by atoms with Crippen molar-refractivity contribution in [2.24, 2.45) is 10.9 Å². The molecule has 144 valence electrons. The normalized spacial score (nSPS) is 12.1. The Kier molecular flexibility index (Phi) is 8.96. The van der Waals surface area contributed by atoms with Gasteiger partial charge >= 0.3 is 0 Å². The Morgan fingerprint density at radius 3 is 2.85 bits per heavy atom. The Bertz CT molecular complexity index is 632. The Morgan fingerprint density at radius 2 is 2.08 bits per heavy atom. The molecule has 0 aliphatic carbocycles. The smallest absolute Gasteiger partial charge is 0.191 e. The number of rotatable bonds is 11. The first-order valence-corrected chi connectivity index (χ1v) is 9.72. The van der Waals surface area contributed by atoms with Crippen LogP contribution < -0.4 is 10.6 Å². The largest absolute Gasteiger partial charge is 0.380 e. The summed E-state index contributed by atoms with van der Waals surface area (Å²) in [7, 11) is 0. The number of para-hydroxylation sites is 2. The fourth-order valence-corrected chi connectivity index (χ4v) is 2.57. The molecule has 6 heteroatoms. The van der Waals surface area contributed by atoms with Crippen LogP contribution in [0.4, 0.5) is 0 Å². The molecule has 0 saturated carbocycles. The van der Waals surface area contributed by atoms with Crippen LogP contribution in [0.1, 0.15) is 39.4 Å². The molecule has 6 nitrogen and oxygen atoms in total. The molecule has 2 aromatic rings. The zero-order chi connectivity index (χ0) is 18.6. The van der Waals surface area contributed by atoms with Crippen molar-refractivity contribution in [2.45, 2.75) is 40.0 Å². The molecule has 3 N–H and O–H groups in total. The van der Waals surface area contributed by atoms with E-state index in [9.17, 15) is 0 Å². The lowest BCUT2D eigenvalue weighted by molar-refractivity contribution is 0.128. The lowest BCUT2D eigenvalue weighted by Crippen LogP contribution is -2.39. The topological polar surface area (TPSA) is 74.3 Å². The Hall–Kier alpha value is -2.08. The Balaban J connectivity index is 1.67. The van der Waals surface area contributed by atoms with Gasteiger partial charge in [-0.3, -0.25) is 4.99 Å². The van der Waals surface area contributed by atoms with Gasteiger partial charge in [-0.2, -0.15) is 0 Å². The van der Waals surface area contributed by atoms with E-state index in [1.165, 1.54) is 0 Å². The molecule has 1 heterocycles. The molecule has 0 fully saturated rings. The van der Waals surface area contributed by atoms with Crippen LogP contribution in [0.15, 0.2) is 29.3 Å². The SMILES string of the molecule is CCNC(=NCCCc1nc2ccccc2[nH]1)NCCOCCC(C)C. The first-order valence-electron chi connectivity index (χ1n) is 9.72. The van der Waals surface area contributed by atoms with Gasteiger partial charge < -0.3 is 20.4 Å². The van der Waals surface area contributed by atoms with E-state index in [1.54, 1.807) is 0 Å². The van der Waals surface area contributed by atoms with Gasteiger partial charge in [0.15, 0.2) is 5.96 Å². The summed E-state index contributed by atoms with van der Waals surface area (Å²) in [6.07, 6.45) is 2.97. The van der Waals surface area contributed by atoms with E-state index in [0.29, 0.717) is 12.5 Å². The van der Waals surface area contributed by atoms with Crippen molar-refractivity contribution in [1.29, 1.82) is 0 Å². The van der Waals surface area contributed by atoms with E-state index in [4.69, 9.17) is 4.74 Å². The number of imidazole rings is 1. The lowest BCUT2D eigenvalue weighted by Gasteiger charge is -2.12. The number of fused-ring (bicyclic) bond motifs is 1. The number of aromatic amines is 1. The second-order valence-corrected chi connectivity index (χ2v) is 6.79. The highest BCUT2D eigenvalue weighted by atomic mass is 16.5. The third-order valence-electron chi connectivity index (χ3n) is 4.00. The standard InChI is InChI=1S/C20H33N5O/c1-4-21-20(23-13-15-26-14-11-16(2)3)22-12-7-10-19-24-17-8-5-6-9-18(17)25-19/h5-6,8-9,16H,4,7,10-15H2,1-3H3,(H,24,25)(H2,21,22,23). The molecule has 0 saturated heterocycles. The Labute approximate surface area is 156 Å². The molecule has 0 aliphatic heterocycles. The predicted octanol–water partition coefficient (Wildman–Crippen LogP) is 3.11. The van der Waals surface area contributed by atoms with Crippen LogP contribution in [0.2, 0.25) is 0 Å². The van der Waals surface area contributed by atoms with Crippen LogP contribution in [0, 0.1) is 5.92 Å². The van der Waals surface area contributed by atoms with Gasteiger partial charge in [0.2, 0.25) is 0 Å². The van der Waals surface area contributed by atoms with Crippen molar-refractivity contribution in [1.82, 2.24) is 20.6 Å². The number of nitrogens with zero attached hydrogens (tertiary/aromatic N) is 2. The molecule has 2 rings (SSSR count). The average molecular weight is 360 g/mol. The molecule has 0 bridgehead atoms. The van der Waals surface area contributed by atoms with E-state index in [2.05, 4.69) is 52.4 Å². The monoisotopic (exact) mass is 359 g/mol. The Morgan fingerprint density at radius 1 is 1.23 bits per heavy atom. The van der Waals surface area contributed by atoms with Crippen LogP contribution in [-0.2, 0) is 11.2 Å². The maximum Gasteiger partial charge on any atom is 0.191 e. The minimum atomic E-state index is 0.689. The number of guanidine groups is 1. The van der Waals surface area contributed by atoms with Gasteiger partial charge in [-0.25, -0.2) is 4.98 Å². The summed E-state index contributed by atoms with van der Waals surface area (Å²) in [6, 6.07) is 8.12. The number of hydrogen-bond donors (Lipinski definition) is 3. The highest BCUT2D eigenvalue weighted by Gasteiger charge is 2.02. The van der Waals surface area contributed by atoms with Gasteiger partial charge in [0, 0.05) is 32.7 Å². The molecule has 0 unspecified atom stereocenters. The molecule has 26 heavy (non-hydrogen) atoms. The summed E-state index contributed by atoms with van der Waals surface area (Å²) in [4.78, 5) is 12.6. The summed E-state index contributed by atoms with van der Waals surface area (Å²) in [5, 5.41) is 6.59. The first-order chi connectivity index (χ1) is 12.7. The minimum absolute atomic E-state index is 0.689. The zero-order valence-corrected chi connectivity index (χ0v) is 16.3. The molecule has 0 atom stereocenters. The maximum atomic E-state index is 5.63. The fourth-order valence-electron chi connectivity index (χ4n) is 2.57. The average Bonchev–Trinajstić information content (AvgIpc) is 3.04. The van der Waals surface area contributed by atoms with Gasteiger partial charge in [0.1, 0.15) is 5.82 Å². The highest BCUT2D eigenvalue weighted by molar-refractivity contribution is 5.79. The number of H-pyrrole nitrogens is 1. The highest BCUT2D eigenvalue weighted by Crippen LogP contribution is 2.11. The third kappa shape index (κ3) is 7.44. The number of hydrogen-bond acceptors (Lipinski definition) is 3. The molecule has 0 radical (unpaired) electrons. The summed E-state index contributed by atoms with van der Waals surface area (Å²) in [5.41, 5.74) is 2.12. The second kappa shape index (κ2) is 11.5. The van der Waals surface area contributed by atoms with E-state index < -0.39 is 0 Å². The molecule has 0 amide bonds. The van der Waals surface area contributed by atoms with Crippen LogP contribution in [0.3, 0.4) is 0 Å². The van der Waals surface area contributed by atoms with Crippen LogP contribution in [0.5, 0.6) is 0 Å². The fraction of sp³-hybridized carbons (Fsp3) is 0.600. The number of aliphatic imine (C=N–C) groups is 1. The van der Waals surface area contributed by atoms with Gasteiger partial charge in [-0.15, -0.1) is 0 Å². The van der Waals surface area contributed by atoms with Crippen molar-refractivity contribution in [2.75, 3.05) is 32.8 Å². The molecular weight excluding hydrogens is 326 g/mol. The van der Waals surface area contributed by atoms with Crippen LogP contribution >= 0.6 is 0 Å². The van der Waals surface area contributed by atoms with Crippen molar-refractivity contribution in [3.8, 4) is 0 Å². The number of aromatic nitrogens is 2. The summed E-state index contributed by atoms with van der Waals surface area (Å²) >= 11 is 0. The third-order valence-corrected chi connectivity index (χ3v) is 4.00. The van der Waals surface area contributed by atoms with Gasteiger partial charge in [-0.05, 0) is 37.8 Å². The van der Waals surface area contributed by atoms with Crippen molar-refractivity contribution in [3.05, 3.63) is 30.1 Å². The van der Waals surface area contributed by atoms with Crippen LogP contribution in [-0.4, -0.2) is 48.8 Å². The maximum absolute atomic E-state index is 5.63. The second-order valence-electron chi connectivity index (χ2n) is 6.79. The zero-order valence-electron chi connectivity index (χ0n) is 16.3. The quantitative estimate of drug-likeness (QED) is 0.327. The van der Waals surface area contributed by atoms with Crippen molar-refractivity contribution >= 4 is 17.0 Å². The van der Waals surface area contributed by atoms with E-state index in [1.807, 2.05) is 18.2 Å².